The summed E-state index contributed by atoms with van der Waals surface area (Å²) in [4.78, 5) is 11.6. The van der Waals surface area contributed by atoms with Gasteiger partial charge in [-0.25, -0.2) is 4.39 Å². The molecular weight excluding hydrogens is 583 g/mol. The van der Waals surface area contributed by atoms with E-state index in [-0.39, 0.29) is 18.5 Å². The first-order valence-electron chi connectivity index (χ1n) is 14.4. The summed E-state index contributed by atoms with van der Waals surface area (Å²) in [5.41, 5.74) is 5.26. The Morgan fingerprint density at radius 2 is 1.98 bits per heavy atom. The second-order valence-electron chi connectivity index (χ2n) is 10.7. The number of carboxylic acid groups (broad SMARTS) is 1. The SMILES string of the molecule is CC(N[C@@H](CO)C(=O)O)c1cc(Cl)c(O[C@H]2CCc3c(-c4ccccc4F)cccc32)cc1OCC1=CCC=CC(C#N)=C1. The molecule has 0 heterocycles. The molecule has 7 nitrogen and oxygen atoms in total. The van der Waals surface area contributed by atoms with Crippen LogP contribution in [0.1, 0.15) is 48.6 Å². The number of aliphatic hydroxyl groups excluding tert-OH is 1. The predicted molar refractivity (Wildman–Crippen MR) is 166 cm³/mol. The maximum Gasteiger partial charge on any atom is 0.323 e. The van der Waals surface area contributed by atoms with Gasteiger partial charge in [-0.1, -0.05) is 60.2 Å². The number of hydrogen-bond donors (Lipinski definition) is 3. The zero-order chi connectivity index (χ0) is 31.2. The Balaban J connectivity index is 1.46. The van der Waals surface area contributed by atoms with Crippen LogP contribution in [0.2, 0.25) is 5.02 Å². The first-order valence-corrected chi connectivity index (χ1v) is 14.7. The number of aliphatic hydroxyl groups is 1. The number of carbonyl (C=O) groups is 1. The highest BCUT2D eigenvalue weighted by molar-refractivity contribution is 6.32. The van der Waals surface area contributed by atoms with E-state index in [1.54, 1.807) is 43.3 Å². The number of hydrogen-bond acceptors (Lipinski definition) is 6. The summed E-state index contributed by atoms with van der Waals surface area (Å²) in [5.74, 6) is -0.674. The van der Waals surface area contributed by atoms with E-state index in [4.69, 9.17) is 21.1 Å². The molecule has 0 amide bonds. The van der Waals surface area contributed by atoms with E-state index in [1.807, 2.05) is 36.4 Å². The van der Waals surface area contributed by atoms with Gasteiger partial charge in [0.15, 0.2) is 0 Å². The summed E-state index contributed by atoms with van der Waals surface area (Å²) in [6.07, 6.45) is 9.07. The van der Waals surface area contributed by atoms with Gasteiger partial charge in [0.05, 0.1) is 23.3 Å². The Morgan fingerprint density at radius 3 is 2.73 bits per heavy atom. The summed E-state index contributed by atoms with van der Waals surface area (Å²) in [6, 6.07) is 16.3. The standard InChI is InChI=1S/C35H32ClFN2O5/c1-21(39-31(19-40)35(41)42)28-16-29(36)34(17-33(28)43-20-23-8-3-2-7-22(15-23)18-38)44-32-14-13-25-24(10-6-11-27(25)32)26-9-4-5-12-30(26)37/h2,4-12,15-17,21,31-32,39-40H,3,13-14,19-20H2,1H3,(H,41,42)/t21?,31-,32-/m0/s1. The zero-order valence-electron chi connectivity index (χ0n) is 24.1. The van der Waals surface area contributed by atoms with Crippen molar-refractivity contribution in [3.63, 3.8) is 0 Å². The minimum Gasteiger partial charge on any atom is -0.488 e. The van der Waals surface area contributed by atoms with Crippen molar-refractivity contribution in [2.24, 2.45) is 0 Å². The number of fused-ring (bicyclic) bond motifs is 1. The Hall–Kier alpha value is -4.42. The Morgan fingerprint density at radius 1 is 1.18 bits per heavy atom. The third-order valence-corrected chi connectivity index (χ3v) is 8.08. The van der Waals surface area contributed by atoms with Crippen molar-refractivity contribution in [2.75, 3.05) is 13.2 Å². The van der Waals surface area contributed by atoms with Crippen LogP contribution in [0.25, 0.3) is 11.1 Å². The first-order chi connectivity index (χ1) is 21.3. The fourth-order valence-corrected chi connectivity index (χ4v) is 5.79. The average molecular weight is 615 g/mol. The molecule has 44 heavy (non-hydrogen) atoms. The minimum atomic E-state index is -1.19. The van der Waals surface area contributed by atoms with Crippen LogP contribution < -0.4 is 14.8 Å². The second kappa shape index (κ2) is 13.9. The largest absolute Gasteiger partial charge is 0.488 e. The van der Waals surface area contributed by atoms with Crippen LogP contribution in [0, 0.1) is 17.1 Å². The number of aliphatic carboxylic acids is 1. The van der Waals surface area contributed by atoms with Crippen molar-refractivity contribution >= 4 is 17.6 Å². The highest BCUT2D eigenvalue weighted by Crippen LogP contribution is 2.44. The monoisotopic (exact) mass is 614 g/mol. The lowest BCUT2D eigenvalue weighted by molar-refractivity contribution is -0.140. The predicted octanol–water partition coefficient (Wildman–Crippen LogP) is 7.02. The molecule has 0 bridgehead atoms. The number of carboxylic acids is 1. The maximum atomic E-state index is 14.7. The number of ether oxygens (including phenoxy) is 2. The number of benzene rings is 3. The Labute approximate surface area is 260 Å². The molecule has 1 unspecified atom stereocenters. The molecule has 0 aliphatic heterocycles. The van der Waals surface area contributed by atoms with Crippen molar-refractivity contribution in [3.05, 3.63) is 118 Å². The molecule has 226 valence electrons. The van der Waals surface area contributed by atoms with E-state index in [0.29, 0.717) is 52.5 Å². The van der Waals surface area contributed by atoms with Gasteiger partial charge in [0, 0.05) is 23.2 Å². The molecule has 0 fully saturated rings. The van der Waals surface area contributed by atoms with Crippen LogP contribution in [0.5, 0.6) is 11.5 Å². The van der Waals surface area contributed by atoms with E-state index in [1.165, 1.54) is 6.07 Å². The van der Waals surface area contributed by atoms with Crippen molar-refractivity contribution in [3.8, 4) is 28.7 Å². The summed E-state index contributed by atoms with van der Waals surface area (Å²) >= 11 is 6.75. The molecule has 2 aliphatic carbocycles. The van der Waals surface area contributed by atoms with Crippen LogP contribution in [-0.4, -0.2) is 35.4 Å². The molecule has 0 saturated carbocycles. The lowest BCUT2D eigenvalue weighted by atomic mass is 9.96. The van der Waals surface area contributed by atoms with Gasteiger partial charge in [-0.2, -0.15) is 5.26 Å². The van der Waals surface area contributed by atoms with E-state index in [0.717, 1.165) is 22.3 Å². The quantitative estimate of drug-likeness (QED) is 0.213. The molecule has 3 aromatic rings. The molecule has 0 saturated heterocycles. The first kappa shape index (κ1) is 31.0. The van der Waals surface area contributed by atoms with E-state index in [2.05, 4.69) is 11.4 Å². The third-order valence-electron chi connectivity index (χ3n) is 7.79. The fourth-order valence-electron chi connectivity index (χ4n) is 5.57. The van der Waals surface area contributed by atoms with E-state index < -0.39 is 24.7 Å². The van der Waals surface area contributed by atoms with Crippen LogP contribution in [0.4, 0.5) is 4.39 Å². The van der Waals surface area contributed by atoms with E-state index in [9.17, 15) is 24.7 Å². The number of nitrogens with one attached hydrogen (secondary N) is 1. The lowest BCUT2D eigenvalue weighted by Gasteiger charge is -2.24. The summed E-state index contributed by atoms with van der Waals surface area (Å²) in [6.45, 7) is 1.31. The van der Waals surface area contributed by atoms with Gasteiger partial charge in [0.25, 0.3) is 0 Å². The number of nitriles is 1. The lowest BCUT2D eigenvalue weighted by Crippen LogP contribution is -2.41. The molecule has 0 spiro atoms. The van der Waals surface area contributed by atoms with E-state index >= 15 is 0 Å². The third kappa shape index (κ3) is 6.87. The molecule has 0 aromatic heterocycles. The highest BCUT2D eigenvalue weighted by Gasteiger charge is 2.29. The van der Waals surface area contributed by atoms with Crippen molar-refractivity contribution in [2.45, 2.75) is 44.4 Å². The fraction of sp³-hybridized carbons (Fsp3) is 0.257. The summed E-state index contributed by atoms with van der Waals surface area (Å²) in [7, 11) is 0. The van der Waals surface area contributed by atoms with Crippen LogP contribution in [0.3, 0.4) is 0 Å². The maximum absolute atomic E-state index is 14.7. The number of rotatable bonds is 11. The summed E-state index contributed by atoms with van der Waals surface area (Å²) < 4.78 is 27.4. The van der Waals surface area contributed by atoms with Gasteiger partial charge in [-0.3, -0.25) is 10.1 Å². The van der Waals surface area contributed by atoms with Crippen LogP contribution in [-0.2, 0) is 11.2 Å². The molecule has 2 aliphatic rings. The smallest absolute Gasteiger partial charge is 0.323 e. The number of allylic oxidation sites excluding steroid dienone is 4. The molecule has 3 N–H and O–H groups in total. The molecule has 5 rings (SSSR count). The normalized spacial score (nSPS) is 17.0. The second-order valence-corrected chi connectivity index (χ2v) is 11.1. The summed E-state index contributed by atoms with van der Waals surface area (Å²) in [5, 5.41) is 31.6. The molecule has 3 aromatic carbocycles. The van der Waals surface area contributed by atoms with Gasteiger partial charge in [0.2, 0.25) is 0 Å². The number of nitrogens with zero attached hydrogens (tertiary/aromatic N) is 1. The van der Waals surface area contributed by atoms with Gasteiger partial charge >= 0.3 is 5.97 Å². The van der Waals surface area contributed by atoms with Crippen molar-refractivity contribution in [1.29, 1.82) is 5.26 Å². The van der Waals surface area contributed by atoms with Gasteiger partial charge in [-0.05, 0) is 72.7 Å². The van der Waals surface area contributed by atoms with Gasteiger partial charge in [-0.15, -0.1) is 0 Å². The van der Waals surface area contributed by atoms with Crippen molar-refractivity contribution < 1.29 is 28.9 Å². The Kier molecular flexibility index (Phi) is 9.81. The average Bonchev–Trinajstić information content (AvgIpc) is 3.28. The van der Waals surface area contributed by atoms with Crippen molar-refractivity contribution in [1.82, 2.24) is 5.32 Å². The molecule has 3 atom stereocenters. The zero-order valence-corrected chi connectivity index (χ0v) is 24.9. The van der Waals surface area contributed by atoms with Crippen LogP contribution in [0.15, 0.2) is 90.0 Å². The topological polar surface area (TPSA) is 112 Å². The van der Waals surface area contributed by atoms with Gasteiger partial charge < -0.3 is 19.7 Å². The molecule has 9 heteroatoms. The molecule has 0 radical (unpaired) electrons. The number of halogens is 2. The minimum absolute atomic E-state index is 0.147. The van der Waals surface area contributed by atoms with Crippen LogP contribution >= 0.6 is 11.6 Å². The molecular formula is C35H32ClFN2O5. The van der Waals surface area contributed by atoms with Gasteiger partial charge in [0.1, 0.15) is 36.1 Å². The highest BCUT2D eigenvalue weighted by atomic mass is 35.5. The Bertz CT molecular complexity index is 1690.